The van der Waals surface area contributed by atoms with Crippen LogP contribution in [-0.2, 0) is 11.8 Å². The molecule has 0 radical (unpaired) electrons. The number of aromatic hydroxyl groups is 1. The maximum Gasteiger partial charge on any atom is 0.161 e. The third-order valence-corrected chi connectivity index (χ3v) is 3.87. The van der Waals surface area contributed by atoms with E-state index in [0.717, 1.165) is 18.5 Å². The van der Waals surface area contributed by atoms with Gasteiger partial charge in [-0.1, -0.05) is 26.8 Å². The summed E-state index contributed by atoms with van der Waals surface area (Å²) in [7, 11) is 1.61. The van der Waals surface area contributed by atoms with E-state index in [1.54, 1.807) is 7.11 Å². The Kier molecular flexibility index (Phi) is 4.04. The standard InChI is InChI=1S/C16H25NO2/c1-16(2,3)12-8-11(9-13-6-5-7-17-13)15(18)14(10-12)19-4/h8,10,13,17-18H,5-7,9H2,1-4H3. The van der Waals surface area contributed by atoms with Crippen molar-refractivity contribution in [2.75, 3.05) is 13.7 Å². The summed E-state index contributed by atoms with van der Waals surface area (Å²) in [5.41, 5.74) is 2.25. The van der Waals surface area contributed by atoms with Crippen LogP contribution in [0.15, 0.2) is 12.1 Å². The highest BCUT2D eigenvalue weighted by Crippen LogP contribution is 2.36. The monoisotopic (exact) mass is 263 g/mol. The first-order valence-corrected chi connectivity index (χ1v) is 7.05. The van der Waals surface area contributed by atoms with E-state index >= 15 is 0 Å². The molecule has 1 atom stereocenters. The summed E-state index contributed by atoms with van der Waals surface area (Å²) in [6.07, 6.45) is 3.27. The molecule has 19 heavy (non-hydrogen) atoms. The second kappa shape index (κ2) is 5.41. The highest BCUT2D eigenvalue weighted by atomic mass is 16.5. The molecule has 1 saturated heterocycles. The lowest BCUT2D eigenvalue weighted by atomic mass is 9.85. The molecule has 0 bridgehead atoms. The van der Waals surface area contributed by atoms with Crippen LogP contribution >= 0.6 is 0 Å². The lowest BCUT2D eigenvalue weighted by Crippen LogP contribution is -2.24. The van der Waals surface area contributed by atoms with Crippen molar-refractivity contribution in [2.24, 2.45) is 0 Å². The molecule has 0 saturated carbocycles. The molecule has 3 heteroatoms. The zero-order valence-electron chi connectivity index (χ0n) is 12.4. The zero-order valence-corrected chi connectivity index (χ0v) is 12.4. The van der Waals surface area contributed by atoms with E-state index in [2.05, 4.69) is 32.2 Å². The van der Waals surface area contributed by atoms with E-state index in [1.165, 1.54) is 18.4 Å². The fourth-order valence-electron chi connectivity index (χ4n) is 2.61. The lowest BCUT2D eigenvalue weighted by Gasteiger charge is -2.23. The van der Waals surface area contributed by atoms with Crippen molar-refractivity contribution in [3.8, 4) is 11.5 Å². The van der Waals surface area contributed by atoms with E-state index in [0.29, 0.717) is 17.5 Å². The Labute approximate surface area is 116 Å². The highest BCUT2D eigenvalue weighted by molar-refractivity contribution is 5.50. The van der Waals surface area contributed by atoms with E-state index in [9.17, 15) is 5.11 Å². The molecule has 1 fully saturated rings. The summed E-state index contributed by atoms with van der Waals surface area (Å²) >= 11 is 0. The van der Waals surface area contributed by atoms with Crippen molar-refractivity contribution in [3.05, 3.63) is 23.3 Å². The molecule has 2 N–H and O–H groups in total. The Balaban J connectivity index is 2.34. The van der Waals surface area contributed by atoms with Crippen molar-refractivity contribution < 1.29 is 9.84 Å². The molecule has 1 aromatic rings. The Morgan fingerprint density at radius 1 is 1.37 bits per heavy atom. The summed E-state index contributed by atoms with van der Waals surface area (Å²) in [4.78, 5) is 0. The Bertz CT molecular complexity index is 443. The maximum absolute atomic E-state index is 10.3. The molecule has 3 nitrogen and oxygen atoms in total. The van der Waals surface area contributed by atoms with Gasteiger partial charge in [0, 0.05) is 6.04 Å². The first-order chi connectivity index (χ1) is 8.91. The number of hydrogen-bond acceptors (Lipinski definition) is 3. The van der Waals surface area contributed by atoms with Gasteiger partial charge in [0.05, 0.1) is 7.11 Å². The van der Waals surface area contributed by atoms with Crippen LogP contribution in [0.3, 0.4) is 0 Å². The van der Waals surface area contributed by atoms with Crippen molar-refractivity contribution in [3.63, 3.8) is 0 Å². The zero-order chi connectivity index (χ0) is 14.0. The fraction of sp³-hybridized carbons (Fsp3) is 0.625. The summed E-state index contributed by atoms with van der Waals surface area (Å²) in [5, 5.41) is 13.8. The van der Waals surface area contributed by atoms with Crippen molar-refractivity contribution in [1.82, 2.24) is 5.32 Å². The Morgan fingerprint density at radius 3 is 2.63 bits per heavy atom. The van der Waals surface area contributed by atoms with Gasteiger partial charge in [0.25, 0.3) is 0 Å². The number of benzene rings is 1. The minimum atomic E-state index is 0.0544. The Hall–Kier alpha value is -1.22. The Morgan fingerprint density at radius 2 is 2.11 bits per heavy atom. The van der Waals surface area contributed by atoms with Gasteiger partial charge in [-0.3, -0.25) is 0 Å². The summed E-state index contributed by atoms with van der Waals surface area (Å²) < 4.78 is 5.32. The SMILES string of the molecule is COc1cc(C(C)(C)C)cc(CC2CCCN2)c1O. The molecule has 2 rings (SSSR count). The van der Waals surface area contributed by atoms with Crippen LogP contribution in [0.25, 0.3) is 0 Å². The van der Waals surface area contributed by atoms with E-state index < -0.39 is 0 Å². The van der Waals surface area contributed by atoms with Crippen LogP contribution < -0.4 is 10.1 Å². The first kappa shape index (κ1) is 14.2. The summed E-state index contributed by atoms with van der Waals surface area (Å²) in [5.74, 6) is 0.879. The number of rotatable bonds is 3. The third-order valence-electron chi connectivity index (χ3n) is 3.87. The molecule has 0 amide bonds. The van der Waals surface area contributed by atoms with Gasteiger partial charge in [-0.2, -0.15) is 0 Å². The average Bonchev–Trinajstić information content (AvgIpc) is 2.83. The van der Waals surface area contributed by atoms with Gasteiger partial charge >= 0.3 is 0 Å². The second-order valence-electron chi connectivity index (χ2n) is 6.43. The van der Waals surface area contributed by atoms with E-state index in [1.807, 2.05) is 6.07 Å². The average molecular weight is 263 g/mol. The molecule has 0 aromatic heterocycles. The van der Waals surface area contributed by atoms with Gasteiger partial charge in [-0.05, 0) is 48.4 Å². The normalized spacial score (nSPS) is 19.7. The molecule has 1 aromatic carbocycles. The van der Waals surface area contributed by atoms with Gasteiger partial charge in [0.15, 0.2) is 11.5 Å². The second-order valence-corrected chi connectivity index (χ2v) is 6.43. The van der Waals surface area contributed by atoms with Gasteiger partial charge in [-0.25, -0.2) is 0 Å². The van der Waals surface area contributed by atoms with Gasteiger partial charge in [-0.15, -0.1) is 0 Å². The quantitative estimate of drug-likeness (QED) is 0.881. The van der Waals surface area contributed by atoms with Crippen molar-refractivity contribution in [1.29, 1.82) is 0 Å². The predicted octanol–water partition coefficient (Wildman–Crippen LogP) is 2.99. The molecule has 0 aliphatic carbocycles. The first-order valence-electron chi connectivity index (χ1n) is 7.05. The van der Waals surface area contributed by atoms with Crippen LogP contribution in [0.2, 0.25) is 0 Å². The van der Waals surface area contributed by atoms with Crippen LogP contribution in [0.4, 0.5) is 0 Å². The number of methoxy groups -OCH3 is 1. The minimum absolute atomic E-state index is 0.0544. The van der Waals surface area contributed by atoms with E-state index in [4.69, 9.17) is 4.74 Å². The number of phenolic OH excluding ortho intramolecular Hbond substituents is 1. The molecular weight excluding hydrogens is 238 g/mol. The molecule has 0 spiro atoms. The number of ether oxygens (including phenoxy) is 1. The topological polar surface area (TPSA) is 41.5 Å². The molecule has 1 aliphatic heterocycles. The molecule has 106 valence electrons. The van der Waals surface area contributed by atoms with Gasteiger partial charge in [0.1, 0.15) is 0 Å². The number of nitrogens with one attached hydrogen (secondary N) is 1. The van der Waals surface area contributed by atoms with Crippen LogP contribution in [-0.4, -0.2) is 24.8 Å². The summed E-state index contributed by atoms with van der Waals surface area (Å²) in [6, 6.07) is 4.55. The van der Waals surface area contributed by atoms with Gasteiger partial charge in [0.2, 0.25) is 0 Å². The van der Waals surface area contributed by atoms with Crippen molar-refractivity contribution in [2.45, 2.75) is 51.5 Å². The number of phenols is 1. The third kappa shape index (κ3) is 3.21. The molecular formula is C16H25NO2. The fourth-order valence-corrected chi connectivity index (χ4v) is 2.61. The van der Waals surface area contributed by atoms with E-state index in [-0.39, 0.29) is 5.41 Å². The van der Waals surface area contributed by atoms with Gasteiger partial charge < -0.3 is 15.2 Å². The smallest absolute Gasteiger partial charge is 0.161 e. The molecule has 1 heterocycles. The molecule has 1 aliphatic rings. The maximum atomic E-state index is 10.3. The largest absolute Gasteiger partial charge is 0.504 e. The summed E-state index contributed by atoms with van der Waals surface area (Å²) in [6.45, 7) is 7.62. The lowest BCUT2D eigenvalue weighted by molar-refractivity contribution is 0.367. The number of hydrogen-bond donors (Lipinski definition) is 2. The minimum Gasteiger partial charge on any atom is -0.504 e. The highest BCUT2D eigenvalue weighted by Gasteiger charge is 2.22. The van der Waals surface area contributed by atoms with Crippen LogP contribution in [0, 0.1) is 0 Å². The molecule has 1 unspecified atom stereocenters. The van der Waals surface area contributed by atoms with Crippen LogP contribution in [0.1, 0.15) is 44.7 Å². The van der Waals surface area contributed by atoms with Crippen molar-refractivity contribution >= 4 is 0 Å². The predicted molar refractivity (Wildman–Crippen MR) is 78.1 cm³/mol. The van der Waals surface area contributed by atoms with Crippen LogP contribution in [0.5, 0.6) is 11.5 Å².